The summed E-state index contributed by atoms with van der Waals surface area (Å²) in [5, 5.41) is 3.39. The molecule has 3 rings (SSSR count). The Kier molecular flexibility index (Phi) is 8.09. The molecule has 0 aliphatic carbocycles. The maximum atomic E-state index is 14.2. The van der Waals surface area contributed by atoms with Crippen molar-refractivity contribution in [2.45, 2.75) is 53.6 Å². The number of esters is 1. The average molecular weight is 456 g/mol. The van der Waals surface area contributed by atoms with Crippen molar-refractivity contribution in [3.8, 4) is 5.75 Å². The molecule has 0 unspecified atom stereocenters. The van der Waals surface area contributed by atoms with Gasteiger partial charge < -0.3 is 19.2 Å². The van der Waals surface area contributed by atoms with Gasteiger partial charge in [-0.1, -0.05) is 6.07 Å². The molecule has 33 heavy (non-hydrogen) atoms. The van der Waals surface area contributed by atoms with Crippen LogP contribution in [0.4, 0.5) is 4.39 Å². The largest absolute Gasteiger partial charge is 0.488 e. The minimum atomic E-state index is -0.363. The Morgan fingerprint density at radius 2 is 1.85 bits per heavy atom. The predicted octanol–water partition coefficient (Wildman–Crippen LogP) is 4.94. The monoisotopic (exact) mass is 455 g/mol. The van der Waals surface area contributed by atoms with Crippen molar-refractivity contribution in [2.24, 2.45) is 0 Å². The van der Waals surface area contributed by atoms with Crippen molar-refractivity contribution in [3.63, 3.8) is 0 Å². The number of benzene rings is 2. The minimum Gasteiger partial charge on any atom is -0.488 e. The first kappa shape index (κ1) is 24.3. The first-order chi connectivity index (χ1) is 15.8. The number of fused-ring (bicyclic) bond motifs is 1. The quantitative estimate of drug-likeness (QED) is 0.438. The Hall–Kier alpha value is -3.35. The third-order valence-corrected chi connectivity index (χ3v) is 5.59. The minimum absolute atomic E-state index is 0.108. The van der Waals surface area contributed by atoms with Crippen LogP contribution < -0.4 is 10.1 Å². The van der Waals surface area contributed by atoms with Crippen molar-refractivity contribution in [1.82, 2.24) is 5.32 Å². The van der Waals surface area contributed by atoms with Crippen molar-refractivity contribution >= 4 is 22.8 Å². The topological polar surface area (TPSA) is 77.8 Å². The van der Waals surface area contributed by atoms with Gasteiger partial charge in [-0.05, 0) is 68.1 Å². The third kappa shape index (κ3) is 6.34. The molecule has 0 aliphatic rings. The highest BCUT2D eigenvalue weighted by atomic mass is 19.1. The van der Waals surface area contributed by atoms with Gasteiger partial charge in [0.05, 0.1) is 6.61 Å². The molecule has 1 N–H and O–H groups in total. The highest BCUT2D eigenvalue weighted by molar-refractivity contribution is 5.81. The normalized spacial score (nSPS) is 10.9. The van der Waals surface area contributed by atoms with Crippen LogP contribution in [0, 0.1) is 19.7 Å². The van der Waals surface area contributed by atoms with Crippen molar-refractivity contribution < 1.29 is 27.9 Å². The number of nitrogens with one attached hydrogen (secondary N) is 1. The number of aryl methyl sites for hydroxylation is 1. The summed E-state index contributed by atoms with van der Waals surface area (Å²) in [6.45, 7) is 8.19. The van der Waals surface area contributed by atoms with Crippen molar-refractivity contribution in [3.05, 3.63) is 64.2 Å². The summed E-state index contributed by atoms with van der Waals surface area (Å²) < 4.78 is 31.2. The van der Waals surface area contributed by atoms with Crippen LogP contribution in [-0.2, 0) is 33.8 Å². The summed E-state index contributed by atoms with van der Waals surface area (Å²) in [4.78, 5) is 22.7. The van der Waals surface area contributed by atoms with E-state index < -0.39 is 0 Å². The second kappa shape index (κ2) is 11.0. The van der Waals surface area contributed by atoms with Gasteiger partial charge in [-0.15, -0.1) is 0 Å². The van der Waals surface area contributed by atoms with E-state index in [1.54, 1.807) is 13.0 Å². The third-order valence-electron chi connectivity index (χ3n) is 5.59. The van der Waals surface area contributed by atoms with Gasteiger partial charge in [0.1, 0.15) is 29.5 Å². The van der Waals surface area contributed by atoms with Crippen molar-refractivity contribution in [1.29, 1.82) is 0 Å². The Bertz CT molecular complexity index is 1150. The van der Waals surface area contributed by atoms with E-state index in [0.29, 0.717) is 60.5 Å². The summed E-state index contributed by atoms with van der Waals surface area (Å²) >= 11 is 0. The molecular formula is C26H30FNO5. The van der Waals surface area contributed by atoms with E-state index in [4.69, 9.17) is 13.9 Å². The molecule has 2 aromatic carbocycles. The second-order valence-corrected chi connectivity index (χ2v) is 8.00. The second-order valence-electron chi connectivity index (χ2n) is 8.00. The first-order valence-corrected chi connectivity index (χ1v) is 11.1. The van der Waals surface area contributed by atoms with E-state index in [-0.39, 0.29) is 24.3 Å². The molecule has 0 saturated carbocycles. The smallest absolute Gasteiger partial charge is 0.306 e. The van der Waals surface area contributed by atoms with Crippen LogP contribution >= 0.6 is 0 Å². The highest BCUT2D eigenvalue weighted by Crippen LogP contribution is 2.29. The molecule has 1 aromatic heterocycles. The maximum Gasteiger partial charge on any atom is 0.306 e. The van der Waals surface area contributed by atoms with Gasteiger partial charge in [0.2, 0.25) is 5.91 Å². The van der Waals surface area contributed by atoms with Gasteiger partial charge in [-0.25, -0.2) is 4.39 Å². The molecule has 176 valence electrons. The summed E-state index contributed by atoms with van der Waals surface area (Å²) in [5.41, 5.74) is 4.28. The fourth-order valence-electron chi connectivity index (χ4n) is 3.74. The van der Waals surface area contributed by atoms with Crippen LogP contribution in [0.3, 0.4) is 0 Å². The summed E-state index contributed by atoms with van der Waals surface area (Å²) in [5.74, 6) is 0.687. The Morgan fingerprint density at radius 1 is 1.06 bits per heavy atom. The van der Waals surface area contributed by atoms with Crippen LogP contribution in [-0.4, -0.2) is 25.0 Å². The van der Waals surface area contributed by atoms with Gasteiger partial charge in [0, 0.05) is 37.3 Å². The van der Waals surface area contributed by atoms with Gasteiger partial charge in [0.25, 0.3) is 0 Å². The first-order valence-electron chi connectivity index (χ1n) is 11.1. The predicted molar refractivity (Wildman–Crippen MR) is 124 cm³/mol. The number of hydrogen-bond acceptors (Lipinski definition) is 5. The van der Waals surface area contributed by atoms with E-state index in [2.05, 4.69) is 5.32 Å². The number of carbonyl (C=O) groups is 2. The molecule has 6 nitrogen and oxygen atoms in total. The zero-order chi connectivity index (χ0) is 24.0. The van der Waals surface area contributed by atoms with E-state index in [1.807, 2.05) is 26.0 Å². The molecule has 0 fully saturated rings. The molecule has 0 atom stereocenters. The van der Waals surface area contributed by atoms with Gasteiger partial charge in [-0.2, -0.15) is 0 Å². The van der Waals surface area contributed by atoms with Crippen LogP contribution in [0.2, 0.25) is 0 Å². The van der Waals surface area contributed by atoms with Crippen LogP contribution in [0.15, 0.2) is 34.7 Å². The molecule has 3 aromatic rings. The lowest BCUT2D eigenvalue weighted by atomic mass is 9.99. The number of ether oxygens (including phenoxy) is 2. The van der Waals surface area contributed by atoms with Gasteiger partial charge in [-0.3, -0.25) is 9.59 Å². The number of furan rings is 1. The number of carbonyl (C=O) groups excluding carboxylic acids is 2. The number of amides is 1. The fraction of sp³-hybridized carbons (Fsp3) is 0.385. The standard InChI is InChI=1S/C26H30FNO5/c1-5-31-25(30)9-7-19-6-8-24(17(3)16(19)2)32-15-21-13-22(27)12-20-14-23(33-26(20)21)10-11-28-18(4)29/h6,8,12-14H,5,7,9-11,15H2,1-4H3,(H,28,29). The Balaban J connectivity index is 1.72. The number of rotatable bonds is 10. The summed E-state index contributed by atoms with van der Waals surface area (Å²) in [7, 11) is 0. The maximum absolute atomic E-state index is 14.2. The molecule has 0 bridgehead atoms. The van der Waals surface area contributed by atoms with Gasteiger partial charge in [0.15, 0.2) is 0 Å². The summed E-state index contributed by atoms with van der Waals surface area (Å²) in [6, 6.07) is 8.46. The Morgan fingerprint density at radius 3 is 2.58 bits per heavy atom. The van der Waals surface area contributed by atoms with Crippen LogP contribution in [0.5, 0.6) is 5.75 Å². The zero-order valence-corrected chi connectivity index (χ0v) is 19.5. The Labute approximate surface area is 193 Å². The molecule has 7 heteroatoms. The SMILES string of the molecule is CCOC(=O)CCc1ccc(OCc2cc(F)cc3cc(CCNC(C)=O)oc23)c(C)c1C. The van der Waals surface area contributed by atoms with E-state index in [0.717, 1.165) is 16.7 Å². The summed E-state index contributed by atoms with van der Waals surface area (Å²) in [6.07, 6.45) is 1.45. The molecule has 0 radical (unpaired) electrons. The number of halogens is 1. The molecule has 1 amide bonds. The van der Waals surface area contributed by atoms with Crippen LogP contribution in [0.25, 0.3) is 11.0 Å². The molecular weight excluding hydrogens is 425 g/mol. The van der Waals surface area contributed by atoms with E-state index >= 15 is 0 Å². The zero-order valence-electron chi connectivity index (χ0n) is 19.5. The molecule has 0 spiro atoms. The lowest BCUT2D eigenvalue weighted by Gasteiger charge is -2.15. The van der Waals surface area contributed by atoms with Gasteiger partial charge >= 0.3 is 5.97 Å². The molecule has 0 saturated heterocycles. The van der Waals surface area contributed by atoms with E-state index in [9.17, 15) is 14.0 Å². The van der Waals surface area contributed by atoms with E-state index in [1.165, 1.54) is 19.1 Å². The lowest BCUT2D eigenvalue weighted by molar-refractivity contribution is -0.143. The molecule has 1 heterocycles. The number of hydrogen-bond donors (Lipinski definition) is 1. The molecule has 0 aliphatic heterocycles. The average Bonchev–Trinajstić information content (AvgIpc) is 3.16. The lowest BCUT2D eigenvalue weighted by Crippen LogP contribution is -2.22. The highest BCUT2D eigenvalue weighted by Gasteiger charge is 2.14. The fourth-order valence-corrected chi connectivity index (χ4v) is 3.74. The van der Waals surface area contributed by atoms with Crippen molar-refractivity contribution in [2.75, 3.05) is 13.2 Å². The van der Waals surface area contributed by atoms with Crippen LogP contribution in [0.1, 0.15) is 48.3 Å².